The zero-order chi connectivity index (χ0) is 24.7. The summed E-state index contributed by atoms with van der Waals surface area (Å²) in [7, 11) is 1.40. The Morgan fingerprint density at radius 1 is 1.20 bits per heavy atom. The molecular formula is C25H21ClFN3O5. The zero-order valence-corrected chi connectivity index (χ0v) is 19.4. The number of amides is 3. The molecule has 2 bridgehead atoms. The molecule has 2 aliphatic carbocycles. The first-order chi connectivity index (χ1) is 16.9. The van der Waals surface area contributed by atoms with E-state index in [1.54, 1.807) is 6.07 Å². The molecule has 0 unspecified atom stereocenters. The van der Waals surface area contributed by atoms with Crippen LogP contribution in [0.4, 0.5) is 10.1 Å². The Morgan fingerprint density at radius 2 is 1.89 bits per heavy atom. The van der Waals surface area contributed by atoms with Crippen molar-refractivity contribution in [3.05, 3.63) is 65.0 Å². The summed E-state index contributed by atoms with van der Waals surface area (Å²) >= 11 is 6.19. The monoisotopic (exact) mass is 497 g/mol. The first kappa shape index (κ1) is 23.0. The van der Waals surface area contributed by atoms with Gasteiger partial charge in [-0.15, -0.1) is 0 Å². The number of allylic oxidation sites excluding steroid dienone is 2. The lowest BCUT2D eigenvalue weighted by atomic mass is 9.85. The maximum Gasteiger partial charge on any atom is 0.262 e. The highest BCUT2D eigenvalue weighted by Crippen LogP contribution is 2.52. The number of rotatable bonds is 7. The fourth-order valence-electron chi connectivity index (χ4n) is 5.00. The molecule has 2 aromatic rings. The van der Waals surface area contributed by atoms with E-state index in [0.717, 1.165) is 11.4 Å². The Bertz CT molecular complexity index is 1250. The van der Waals surface area contributed by atoms with Crippen molar-refractivity contribution < 1.29 is 28.2 Å². The summed E-state index contributed by atoms with van der Waals surface area (Å²) < 4.78 is 24.8. The number of ether oxygens (including phenoxy) is 2. The van der Waals surface area contributed by atoms with Crippen LogP contribution in [-0.2, 0) is 14.4 Å². The van der Waals surface area contributed by atoms with Gasteiger partial charge in [-0.3, -0.25) is 14.4 Å². The summed E-state index contributed by atoms with van der Waals surface area (Å²) in [6, 6.07) is 8.75. The standard InChI is InChI=1S/C25H21ClFN3O5/c1-34-19-10-16(26)9-15(23(19)35-12-20(31)29-18-5-3-2-4-17(18)27)11-28-30-24(32)21-13-6-7-14(8-13)22(21)25(30)33/h2-7,9-11,13-14,21-22H,8,12H2,1H3,(H,29,31)/t13-,14-,21-,22+/m0/s1. The van der Waals surface area contributed by atoms with Gasteiger partial charge < -0.3 is 14.8 Å². The smallest absolute Gasteiger partial charge is 0.262 e. The average Bonchev–Trinajstić information content (AvgIpc) is 3.52. The van der Waals surface area contributed by atoms with Crippen molar-refractivity contribution in [1.82, 2.24) is 5.01 Å². The zero-order valence-electron chi connectivity index (χ0n) is 18.6. The van der Waals surface area contributed by atoms with E-state index in [2.05, 4.69) is 10.4 Å². The van der Waals surface area contributed by atoms with Crippen LogP contribution in [-0.4, -0.2) is 42.7 Å². The Balaban J connectivity index is 1.35. The lowest BCUT2D eigenvalue weighted by Crippen LogP contribution is -2.28. The molecule has 3 aliphatic rings. The molecule has 8 nitrogen and oxygen atoms in total. The summed E-state index contributed by atoms with van der Waals surface area (Å²) in [6.07, 6.45) is 6.11. The number of fused-ring (bicyclic) bond motifs is 5. The van der Waals surface area contributed by atoms with Crippen molar-refractivity contribution in [3.63, 3.8) is 0 Å². The Kier molecular flexibility index (Phi) is 6.02. The molecule has 1 saturated heterocycles. The molecule has 2 fully saturated rings. The van der Waals surface area contributed by atoms with Crippen molar-refractivity contribution in [1.29, 1.82) is 0 Å². The number of carbonyl (C=O) groups excluding carboxylic acids is 3. The van der Waals surface area contributed by atoms with Crippen LogP contribution in [0.5, 0.6) is 11.5 Å². The van der Waals surface area contributed by atoms with Gasteiger partial charge in [-0.2, -0.15) is 10.1 Å². The molecule has 2 aromatic carbocycles. The van der Waals surface area contributed by atoms with Gasteiger partial charge in [0.1, 0.15) is 5.82 Å². The van der Waals surface area contributed by atoms with Gasteiger partial charge in [-0.05, 0) is 36.5 Å². The van der Waals surface area contributed by atoms with Crippen LogP contribution in [0, 0.1) is 29.5 Å². The summed E-state index contributed by atoms with van der Waals surface area (Å²) in [5.41, 5.74) is 0.317. The average molecular weight is 498 g/mol. The molecule has 1 heterocycles. The van der Waals surface area contributed by atoms with E-state index in [1.165, 1.54) is 43.7 Å². The molecule has 0 spiro atoms. The van der Waals surface area contributed by atoms with E-state index in [4.69, 9.17) is 21.1 Å². The molecule has 35 heavy (non-hydrogen) atoms. The van der Waals surface area contributed by atoms with E-state index >= 15 is 0 Å². The SMILES string of the molecule is COc1cc(Cl)cc(C=NN2C(=O)[C@@H]3[C@H](C2=O)[C@H]2C=C[C@H]3C2)c1OCC(=O)Nc1ccccc1F. The fourth-order valence-corrected chi connectivity index (χ4v) is 5.21. The summed E-state index contributed by atoms with van der Waals surface area (Å²) in [6.45, 7) is -0.464. The van der Waals surface area contributed by atoms with Crippen LogP contribution < -0.4 is 14.8 Å². The highest BCUT2D eigenvalue weighted by molar-refractivity contribution is 6.31. The van der Waals surface area contributed by atoms with Crippen LogP contribution in [0.25, 0.3) is 0 Å². The maximum absolute atomic E-state index is 13.8. The van der Waals surface area contributed by atoms with Crippen LogP contribution in [0.15, 0.2) is 53.7 Å². The molecule has 10 heteroatoms. The maximum atomic E-state index is 13.8. The number of hydrogen-bond acceptors (Lipinski definition) is 6. The summed E-state index contributed by atoms with van der Waals surface area (Å²) in [5.74, 6) is -2.09. The number of hydrazone groups is 1. The van der Waals surface area contributed by atoms with E-state index in [0.29, 0.717) is 10.6 Å². The second-order valence-electron chi connectivity index (χ2n) is 8.58. The first-order valence-corrected chi connectivity index (χ1v) is 11.4. The molecule has 3 amide bonds. The highest BCUT2D eigenvalue weighted by atomic mass is 35.5. The third-order valence-corrected chi connectivity index (χ3v) is 6.74. The number of nitrogens with zero attached hydrogens (tertiary/aromatic N) is 2. The van der Waals surface area contributed by atoms with Gasteiger partial charge in [0, 0.05) is 16.7 Å². The second kappa shape index (κ2) is 9.14. The third-order valence-electron chi connectivity index (χ3n) is 6.52. The summed E-state index contributed by atoms with van der Waals surface area (Å²) in [4.78, 5) is 38.1. The van der Waals surface area contributed by atoms with E-state index in [-0.39, 0.29) is 52.7 Å². The summed E-state index contributed by atoms with van der Waals surface area (Å²) in [5, 5.41) is 7.79. The van der Waals surface area contributed by atoms with Crippen molar-refractivity contribution in [2.24, 2.45) is 28.8 Å². The number of hydrogen-bond donors (Lipinski definition) is 1. The van der Waals surface area contributed by atoms with E-state index < -0.39 is 18.3 Å². The molecular weight excluding hydrogens is 477 g/mol. The van der Waals surface area contributed by atoms with Gasteiger partial charge in [0.05, 0.1) is 30.8 Å². The van der Waals surface area contributed by atoms with Crippen LogP contribution >= 0.6 is 11.6 Å². The second-order valence-corrected chi connectivity index (χ2v) is 9.01. The number of methoxy groups -OCH3 is 1. The Hall–Kier alpha value is -3.72. The number of para-hydroxylation sites is 1. The number of nitrogens with one attached hydrogen (secondary N) is 1. The van der Waals surface area contributed by atoms with Gasteiger partial charge in [0.15, 0.2) is 18.1 Å². The molecule has 1 aliphatic heterocycles. The van der Waals surface area contributed by atoms with E-state index in [9.17, 15) is 18.8 Å². The minimum atomic E-state index is -0.601. The number of benzene rings is 2. The van der Waals surface area contributed by atoms with Crippen molar-refractivity contribution in [2.45, 2.75) is 6.42 Å². The highest BCUT2D eigenvalue weighted by Gasteiger charge is 2.59. The quantitative estimate of drug-likeness (QED) is 0.358. The topological polar surface area (TPSA) is 97.3 Å². The lowest BCUT2D eigenvalue weighted by Gasteiger charge is -2.15. The fraction of sp³-hybridized carbons (Fsp3) is 0.280. The molecule has 5 rings (SSSR count). The third kappa shape index (κ3) is 4.16. The van der Waals surface area contributed by atoms with Crippen molar-refractivity contribution >= 4 is 41.2 Å². The van der Waals surface area contributed by atoms with Crippen LogP contribution in [0.1, 0.15) is 12.0 Å². The normalized spacial score (nSPS) is 24.4. The van der Waals surface area contributed by atoms with Crippen molar-refractivity contribution in [2.75, 3.05) is 19.0 Å². The van der Waals surface area contributed by atoms with Crippen molar-refractivity contribution in [3.8, 4) is 11.5 Å². The van der Waals surface area contributed by atoms with Gasteiger partial charge in [-0.1, -0.05) is 35.9 Å². The van der Waals surface area contributed by atoms with Gasteiger partial charge in [-0.25, -0.2) is 4.39 Å². The molecule has 0 radical (unpaired) electrons. The number of imide groups is 1. The van der Waals surface area contributed by atoms with Crippen LogP contribution in [0.2, 0.25) is 5.02 Å². The molecule has 180 valence electrons. The molecule has 1 N–H and O–H groups in total. The first-order valence-electron chi connectivity index (χ1n) is 11.0. The minimum absolute atomic E-state index is 0.0195. The minimum Gasteiger partial charge on any atom is -0.493 e. The Morgan fingerprint density at radius 3 is 2.54 bits per heavy atom. The molecule has 4 atom stereocenters. The van der Waals surface area contributed by atoms with Gasteiger partial charge in [0.2, 0.25) is 0 Å². The van der Waals surface area contributed by atoms with Crippen LogP contribution in [0.3, 0.4) is 0 Å². The predicted molar refractivity (Wildman–Crippen MR) is 126 cm³/mol. The Labute approximate surface area is 205 Å². The predicted octanol–water partition coefficient (Wildman–Crippen LogP) is 3.65. The van der Waals surface area contributed by atoms with Gasteiger partial charge in [0.25, 0.3) is 17.7 Å². The number of halogens is 2. The van der Waals surface area contributed by atoms with Gasteiger partial charge >= 0.3 is 0 Å². The largest absolute Gasteiger partial charge is 0.493 e. The van der Waals surface area contributed by atoms with E-state index in [1.807, 2.05) is 12.2 Å². The molecule has 0 aromatic heterocycles. The number of anilines is 1. The molecule has 1 saturated carbocycles. The number of carbonyl (C=O) groups is 3. The lowest BCUT2D eigenvalue weighted by molar-refractivity contribution is -0.140.